The number of aromatic amines is 1. The van der Waals surface area contributed by atoms with Crippen LogP contribution < -0.4 is 16.0 Å². The van der Waals surface area contributed by atoms with Gasteiger partial charge in [0.2, 0.25) is 0 Å². The van der Waals surface area contributed by atoms with E-state index in [1.54, 1.807) is 18.5 Å². The van der Waals surface area contributed by atoms with E-state index in [0.29, 0.717) is 5.22 Å². The van der Waals surface area contributed by atoms with E-state index < -0.39 is 0 Å². The normalized spacial score (nSPS) is 11.4. The molecule has 0 aromatic carbocycles. The molecule has 0 amide bonds. The molecule has 0 saturated carbocycles. The number of aliphatic imine (C=N–C) groups is 1. The smallest absolute Gasteiger partial charge is 0.255 e. The van der Waals surface area contributed by atoms with Gasteiger partial charge in [0.05, 0.1) is 0 Å². The van der Waals surface area contributed by atoms with Crippen LogP contribution in [0.25, 0.3) is 12.8 Å². The lowest BCUT2D eigenvalue weighted by Crippen LogP contribution is -2.38. The summed E-state index contributed by atoms with van der Waals surface area (Å²) in [6.07, 6.45) is 3.23. The minimum absolute atomic E-state index is 0.169. The zero-order chi connectivity index (χ0) is 9.84. The predicted octanol–water partition coefficient (Wildman–Crippen LogP) is 0.00400. The van der Waals surface area contributed by atoms with Gasteiger partial charge in [0.15, 0.2) is 0 Å². The van der Waals surface area contributed by atoms with Gasteiger partial charge < -0.3 is 4.98 Å². The number of H-pyrrole nitrogens is 1. The molecule has 1 aromatic rings. The second kappa shape index (κ2) is 3.85. The number of nitrogens with zero attached hydrogens (tertiary/aromatic N) is 1. The standard InChI is InChI=1S/C10H12N2O/c1-7(2)12-6-9-4-5-11-10(13)8(9)3/h4-6H,3H2,1-2H3,(H,11,13)/b9-6-. The van der Waals surface area contributed by atoms with Crippen LogP contribution in [0.1, 0.15) is 13.8 Å². The first-order chi connectivity index (χ1) is 6.11. The SMILES string of the molecule is C=c1c(=O)[nH]cc/c1=C/N=C(C)C. The molecule has 68 valence electrons. The van der Waals surface area contributed by atoms with Crippen LogP contribution in [0.15, 0.2) is 22.1 Å². The lowest BCUT2D eigenvalue weighted by Gasteiger charge is -1.86. The highest BCUT2D eigenvalue weighted by molar-refractivity contribution is 5.81. The van der Waals surface area contributed by atoms with Crippen LogP contribution in [-0.4, -0.2) is 10.7 Å². The molecular weight excluding hydrogens is 164 g/mol. The molecule has 0 spiro atoms. The second-order valence-corrected chi connectivity index (χ2v) is 2.95. The van der Waals surface area contributed by atoms with Crippen LogP contribution in [0.4, 0.5) is 0 Å². The molecule has 0 radical (unpaired) electrons. The number of rotatable bonds is 1. The summed E-state index contributed by atoms with van der Waals surface area (Å²) in [4.78, 5) is 17.7. The summed E-state index contributed by atoms with van der Waals surface area (Å²) in [7, 11) is 0. The summed E-state index contributed by atoms with van der Waals surface area (Å²) in [5, 5.41) is 1.21. The van der Waals surface area contributed by atoms with E-state index in [2.05, 4.69) is 16.6 Å². The minimum Gasteiger partial charge on any atom is -0.329 e. The number of pyridine rings is 1. The number of hydrogen-bond acceptors (Lipinski definition) is 2. The van der Waals surface area contributed by atoms with Crippen LogP contribution in [0, 0.1) is 0 Å². The van der Waals surface area contributed by atoms with Gasteiger partial charge in [-0.15, -0.1) is 0 Å². The lowest BCUT2D eigenvalue weighted by atomic mass is 10.3. The Bertz CT molecular complexity index is 478. The van der Waals surface area contributed by atoms with E-state index in [1.165, 1.54) is 0 Å². The topological polar surface area (TPSA) is 45.2 Å². The Morgan fingerprint density at radius 3 is 2.92 bits per heavy atom. The van der Waals surface area contributed by atoms with Crippen molar-refractivity contribution in [3.05, 3.63) is 33.1 Å². The number of nitrogens with one attached hydrogen (secondary N) is 1. The molecule has 0 atom stereocenters. The average Bonchev–Trinajstić information content (AvgIpc) is 2.07. The highest BCUT2D eigenvalue weighted by Crippen LogP contribution is 1.74. The Morgan fingerprint density at radius 2 is 2.31 bits per heavy atom. The van der Waals surface area contributed by atoms with E-state index in [1.807, 2.05) is 13.8 Å². The van der Waals surface area contributed by atoms with Gasteiger partial charge in [-0.3, -0.25) is 9.79 Å². The van der Waals surface area contributed by atoms with Gasteiger partial charge in [0, 0.05) is 28.5 Å². The molecule has 3 heteroatoms. The quantitative estimate of drug-likeness (QED) is 0.602. The summed E-state index contributed by atoms with van der Waals surface area (Å²) in [6, 6.07) is 1.77. The molecule has 0 aliphatic carbocycles. The molecule has 1 aromatic heterocycles. The third-order valence-electron chi connectivity index (χ3n) is 1.56. The molecule has 0 bridgehead atoms. The summed E-state index contributed by atoms with van der Waals surface area (Å²) in [5.74, 6) is 0. The first-order valence-electron chi connectivity index (χ1n) is 3.99. The van der Waals surface area contributed by atoms with Crippen LogP contribution in [0.3, 0.4) is 0 Å². The van der Waals surface area contributed by atoms with Gasteiger partial charge in [0.25, 0.3) is 5.56 Å². The fraction of sp³-hybridized carbons (Fsp3) is 0.200. The van der Waals surface area contributed by atoms with Crippen LogP contribution in [0.2, 0.25) is 0 Å². The van der Waals surface area contributed by atoms with Crippen molar-refractivity contribution in [3.63, 3.8) is 0 Å². The number of aromatic nitrogens is 1. The molecule has 0 unspecified atom stereocenters. The van der Waals surface area contributed by atoms with Crippen LogP contribution in [-0.2, 0) is 0 Å². The summed E-state index contributed by atoms with van der Waals surface area (Å²) in [6.45, 7) is 7.44. The molecule has 0 fully saturated rings. The van der Waals surface area contributed by atoms with Gasteiger partial charge in [-0.25, -0.2) is 0 Å². The summed E-state index contributed by atoms with van der Waals surface area (Å²) >= 11 is 0. The van der Waals surface area contributed by atoms with Crippen LogP contribution in [0.5, 0.6) is 0 Å². The maximum Gasteiger partial charge on any atom is 0.255 e. The molecule has 1 heterocycles. The van der Waals surface area contributed by atoms with Gasteiger partial charge in [-0.05, 0) is 19.9 Å². The predicted molar refractivity (Wildman–Crippen MR) is 55.1 cm³/mol. The van der Waals surface area contributed by atoms with E-state index in [0.717, 1.165) is 10.9 Å². The Morgan fingerprint density at radius 1 is 1.62 bits per heavy atom. The van der Waals surface area contributed by atoms with Gasteiger partial charge in [-0.1, -0.05) is 6.58 Å². The first-order valence-corrected chi connectivity index (χ1v) is 3.99. The number of hydrogen-bond donors (Lipinski definition) is 1. The third kappa shape index (κ3) is 2.40. The van der Waals surface area contributed by atoms with Gasteiger partial charge in [-0.2, -0.15) is 0 Å². The van der Waals surface area contributed by atoms with E-state index >= 15 is 0 Å². The van der Waals surface area contributed by atoms with Gasteiger partial charge >= 0.3 is 0 Å². The zero-order valence-corrected chi connectivity index (χ0v) is 7.79. The Hall–Kier alpha value is -1.64. The van der Waals surface area contributed by atoms with Crippen molar-refractivity contribution in [2.45, 2.75) is 13.8 Å². The molecule has 1 rings (SSSR count). The third-order valence-corrected chi connectivity index (χ3v) is 1.56. The largest absolute Gasteiger partial charge is 0.329 e. The minimum atomic E-state index is -0.169. The zero-order valence-electron chi connectivity index (χ0n) is 7.79. The second-order valence-electron chi connectivity index (χ2n) is 2.95. The molecular formula is C10H12N2O. The van der Waals surface area contributed by atoms with E-state index in [-0.39, 0.29) is 5.56 Å². The summed E-state index contributed by atoms with van der Waals surface area (Å²) < 4.78 is 0. The lowest BCUT2D eigenvalue weighted by molar-refractivity contribution is 1.19. The fourth-order valence-corrected chi connectivity index (χ4v) is 0.846. The van der Waals surface area contributed by atoms with E-state index in [9.17, 15) is 4.79 Å². The highest BCUT2D eigenvalue weighted by atomic mass is 16.1. The van der Waals surface area contributed by atoms with Crippen molar-refractivity contribution in [2.24, 2.45) is 4.99 Å². The van der Waals surface area contributed by atoms with Crippen molar-refractivity contribution in [3.8, 4) is 0 Å². The molecule has 1 N–H and O–H groups in total. The first kappa shape index (κ1) is 9.45. The van der Waals surface area contributed by atoms with Crippen molar-refractivity contribution >= 4 is 18.5 Å². The van der Waals surface area contributed by atoms with Crippen molar-refractivity contribution in [1.29, 1.82) is 0 Å². The summed E-state index contributed by atoms with van der Waals surface area (Å²) in [5.41, 5.74) is 0.775. The maximum absolute atomic E-state index is 11.1. The average molecular weight is 176 g/mol. The maximum atomic E-state index is 11.1. The fourth-order valence-electron chi connectivity index (χ4n) is 0.846. The molecule has 13 heavy (non-hydrogen) atoms. The molecule has 0 aliphatic heterocycles. The molecule has 0 aliphatic rings. The molecule has 0 saturated heterocycles. The highest BCUT2D eigenvalue weighted by Gasteiger charge is 1.85. The Labute approximate surface area is 76.2 Å². The Kier molecular flexibility index (Phi) is 2.80. The molecule has 3 nitrogen and oxygen atoms in total. The Balaban J connectivity index is 3.40. The van der Waals surface area contributed by atoms with E-state index in [4.69, 9.17) is 0 Å². The van der Waals surface area contributed by atoms with Gasteiger partial charge in [0.1, 0.15) is 0 Å². The van der Waals surface area contributed by atoms with Crippen molar-refractivity contribution in [1.82, 2.24) is 4.98 Å². The van der Waals surface area contributed by atoms with Crippen molar-refractivity contribution in [2.75, 3.05) is 0 Å². The van der Waals surface area contributed by atoms with Crippen molar-refractivity contribution < 1.29 is 0 Å². The van der Waals surface area contributed by atoms with Crippen LogP contribution >= 0.6 is 0 Å². The monoisotopic (exact) mass is 176 g/mol.